The minimum Gasteiger partial charge on any atom is -0.480 e. The van der Waals surface area contributed by atoms with E-state index in [1.54, 1.807) is 10.9 Å². The van der Waals surface area contributed by atoms with E-state index in [2.05, 4.69) is 15.5 Å². The van der Waals surface area contributed by atoms with E-state index in [-0.39, 0.29) is 19.7 Å². The molecule has 0 aromatic carbocycles. The number of methoxy groups -OCH3 is 1. The molecule has 0 saturated carbocycles. The molecule has 0 aliphatic heterocycles. The van der Waals surface area contributed by atoms with Crippen molar-refractivity contribution >= 4 is 12.0 Å². The maximum atomic E-state index is 11.9. The van der Waals surface area contributed by atoms with Gasteiger partial charge in [0.05, 0.1) is 6.61 Å². The smallest absolute Gasteiger partial charge is 0.323 e. The molecular formula is C11H19N5O4. The van der Waals surface area contributed by atoms with Gasteiger partial charge in [0, 0.05) is 33.7 Å². The third kappa shape index (κ3) is 5.22. The molecule has 0 radical (unpaired) electrons. The van der Waals surface area contributed by atoms with E-state index in [1.807, 2.05) is 7.05 Å². The van der Waals surface area contributed by atoms with Gasteiger partial charge in [-0.2, -0.15) is 0 Å². The van der Waals surface area contributed by atoms with Gasteiger partial charge in [0.15, 0.2) is 0 Å². The molecule has 0 aliphatic carbocycles. The van der Waals surface area contributed by atoms with Gasteiger partial charge in [-0.1, -0.05) is 0 Å². The van der Waals surface area contributed by atoms with Gasteiger partial charge in [-0.15, -0.1) is 10.2 Å². The lowest BCUT2D eigenvalue weighted by Gasteiger charge is -2.20. The second-order valence-corrected chi connectivity index (χ2v) is 4.15. The van der Waals surface area contributed by atoms with Crippen LogP contribution in [0.4, 0.5) is 4.79 Å². The number of hydrogen-bond acceptors (Lipinski definition) is 5. The zero-order valence-electron chi connectivity index (χ0n) is 11.6. The normalized spacial score (nSPS) is 10.3. The van der Waals surface area contributed by atoms with Gasteiger partial charge < -0.3 is 24.6 Å². The summed E-state index contributed by atoms with van der Waals surface area (Å²) >= 11 is 0. The van der Waals surface area contributed by atoms with Crippen LogP contribution in [0, 0.1) is 0 Å². The molecular weight excluding hydrogens is 266 g/mol. The van der Waals surface area contributed by atoms with Crippen LogP contribution in [0.2, 0.25) is 0 Å². The molecule has 1 rings (SSSR count). The second-order valence-electron chi connectivity index (χ2n) is 4.15. The number of carboxylic acid groups (broad SMARTS) is 1. The predicted octanol–water partition coefficient (Wildman–Crippen LogP) is -0.900. The first-order valence-electron chi connectivity index (χ1n) is 6.11. The average molecular weight is 285 g/mol. The number of nitrogens with zero attached hydrogens (tertiary/aromatic N) is 4. The SMILES string of the molecule is COCCN(CC(=O)O)C(=O)NCCc1nncn1C. The van der Waals surface area contributed by atoms with Gasteiger partial charge in [-0.25, -0.2) is 4.79 Å². The van der Waals surface area contributed by atoms with Crippen LogP contribution in [0.3, 0.4) is 0 Å². The molecule has 1 aromatic heterocycles. The maximum absolute atomic E-state index is 11.9. The highest BCUT2D eigenvalue weighted by molar-refractivity contribution is 5.80. The molecule has 0 fully saturated rings. The lowest BCUT2D eigenvalue weighted by atomic mass is 10.4. The number of amides is 2. The third-order valence-electron chi connectivity index (χ3n) is 2.61. The summed E-state index contributed by atoms with van der Waals surface area (Å²) in [6.45, 7) is 0.496. The topological polar surface area (TPSA) is 110 Å². The molecule has 2 N–H and O–H groups in total. The van der Waals surface area contributed by atoms with Crippen LogP contribution >= 0.6 is 0 Å². The van der Waals surface area contributed by atoms with Gasteiger partial charge in [-0.3, -0.25) is 4.79 Å². The number of aromatic nitrogens is 3. The highest BCUT2D eigenvalue weighted by Gasteiger charge is 2.16. The number of ether oxygens (including phenoxy) is 1. The Hall–Kier alpha value is -2.16. The molecule has 1 heterocycles. The van der Waals surface area contributed by atoms with E-state index in [4.69, 9.17) is 9.84 Å². The lowest BCUT2D eigenvalue weighted by molar-refractivity contribution is -0.137. The number of carbonyl (C=O) groups excluding carboxylic acids is 1. The molecule has 0 spiro atoms. The highest BCUT2D eigenvalue weighted by atomic mass is 16.5. The zero-order valence-corrected chi connectivity index (χ0v) is 11.6. The molecule has 0 bridgehead atoms. The summed E-state index contributed by atoms with van der Waals surface area (Å²) in [5.74, 6) is -0.323. The van der Waals surface area contributed by atoms with Gasteiger partial charge in [0.2, 0.25) is 0 Å². The Balaban J connectivity index is 2.40. The van der Waals surface area contributed by atoms with Crippen LogP contribution in [-0.4, -0.2) is 70.1 Å². The van der Waals surface area contributed by atoms with Gasteiger partial charge >= 0.3 is 12.0 Å². The van der Waals surface area contributed by atoms with E-state index in [0.717, 1.165) is 5.82 Å². The van der Waals surface area contributed by atoms with Crippen molar-refractivity contribution in [2.45, 2.75) is 6.42 Å². The Morgan fingerprint density at radius 1 is 1.55 bits per heavy atom. The Morgan fingerprint density at radius 2 is 2.30 bits per heavy atom. The predicted molar refractivity (Wildman–Crippen MR) is 69.2 cm³/mol. The Labute approximate surface area is 116 Å². The quantitative estimate of drug-likeness (QED) is 0.640. The Kier molecular flexibility index (Phi) is 6.44. The summed E-state index contributed by atoms with van der Waals surface area (Å²) in [5, 5.41) is 19.0. The largest absolute Gasteiger partial charge is 0.480 e. The number of hydrogen-bond donors (Lipinski definition) is 2. The molecule has 9 nitrogen and oxygen atoms in total. The summed E-state index contributed by atoms with van der Waals surface area (Å²) in [6.07, 6.45) is 2.10. The summed E-state index contributed by atoms with van der Waals surface area (Å²) in [5.41, 5.74) is 0. The Morgan fingerprint density at radius 3 is 2.85 bits per heavy atom. The number of aliphatic carboxylic acids is 1. The van der Waals surface area contributed by atoms with Gasteiger partial charge in [0.25, 0.3) is 0 Å². The summed E-state index contributed by atoms with van der Waals surface area (Å²) < 4.78 is 6.60. The molecule has 0 saturated heterocycles. The fourth-order valence-corrected chi connectivity index (χ4v) is 1.54. The van der Waals surface area contributed by atoms with Crippen LogP contribution in [-0.2, 0) is 23.0 Å². The third-order valence-corrected chi connectivity index (χ3v) is 2.61. The summed E-state index contributed by atoms with van der Waals surface area (Å²) in [4.78, 5) is 23.7. The van der Waals surface area contributed by atoms with Crippen molar-refractivity contribution < 1.29 is 19.4 Å². The average Bonchev–Trinajstić information content (AvgIpc) is 2.79. The van der Waals surface area contributed by atoms with Crippen molar-refractivity contribution in [2.24, 2.45) is 7.05 Å². The lowest BCUT2D eigenvalue weighted by Crippen LogP contribution is -2.44. The number of carbonyl (C=O) groups is 2. The van der Waals surface area contributed by atoms with E-state index >= 15 is 0 Å². The zero-order chi connectivity index (χ0) is 15.0. The van der Waals surface area contributed by atoms with Crippen molar-refractivity contribution in [1.82, 2.24) is 25.0 Å². The minimum atomic E-state index is -1.07. The van der Waals surface area contributed by atoms with E-state index in [9.17, 15) is 9.59 Å². The van der Waals surface area contributed by atoms with Crippen molar-refractivity contribution in [3.8, 4) is 0 Å². The van der Waals surface area contributed by atoms with E-state index < -0.39 is 12.0 Å². The van der Waals surface area contributed by atoms with Gasteiger partial charge in [0.1, 0.15) is 18.7 Å². The van der Waals surface area contributed by atoms with Crippen molar-refractivity contribution in [3.63, 3.8) is 0 Å². The minimum absolute atomic E-state index is 0.221. The first-order valence-corrected chi connectivity index (χ1v) is 6.11. The van der Waals surface area contributed by atoms with Crippen LogP contribution < -0.4 is 5.32 Å². The monoisotopic (exact) mass is 285 g/mol. The Bertz CT molecular complexity index is 448. The fraction of sp³-hybridized carbons (Fsp3) is 0.636. The number of aryl methyl sites for hydroxylation is 1. The summed E-state index contributed by atoms with van der Waals surface area (Å²) in [6, 6.07) is -0.438. The fourth-order valence-electron chi connectivity index (χ4n) is 1.54. The number of rotatable bonds is 8. The molecule has 9 heteroatoms. The maximum Gasteiger partial charge on any atom is 0.323 e. The van der Waals surface area contributed by atoms with Crippen molar-refractivity contribution in [3.05, 3.63) is 12.2 Å². The van der Waals surface area contributed by atoms with Crippen molar-refractivity contribution in [2.75, 3.05) is 33.4 Å². The van der Waals surface area contributed by atoms with Crippen LogP contribution in [0.1, 0.15) is 5.82 Å². The van der Waals surface area contributed by atoms with Crippen LogP contribution in [0.5, 0.6) is 0 Å². The first kappa shape index (κ1) is 15.9. The van der Waals surface area contributed by atoms with Crippen molar-refractivity contribution in [1.29, 1.82) is 0 Å². The highest BCUT2D eigenvalue weighted by Crippen LogP contribution is 1.94. The van der Waals surface area contributed by atoms with E-state index in [1.165, 1.54) is 12.0 Å². The number of carboxylic acids is 1. The second kappa shape index (κ2) is 8.10. The molecule has 20 heavy (non-hydrogen) atoms. The van der Waals surface area contributed by atoms with Crippen LogP contribution in [0.25, 0.3) is 0 Å². The van der Waals surface area contributed by atoms with E-state index in [0.29, 0.717) is 13.0 Å². The molecule has 112 valence electrons. The summed E-state index contributed by atoms with van der Waals surface area (Å²) in [7, 11) is 3.30. The molecule has 2 amide bonds. The molecule has 0 atom stereocenters. The standard InChI is InChI=1S/C11H19N5O4/c1-15-8-13-14-9(15)3-4-12-11(19)16(5-6-20-2)7-10(17)18/h8H,3-7H2,1-2H3,(H,12,19)(H,17,18). The van der Waals surface area contributed by atoms with Crippen LogP contribution in [0.15, 0.2) is 6.33 Å². The molecule has 0 unspecified atom stereocenters. The molecule has 0 aliphatic rings. The first-order chi connectivity index (χ1) is 9.54. The molecule has 1 aromatic rings. The van der Waals surface area contributed by atoms with Gasteiger partial charge in [-0.05, 0) is 0 Å². The number of nitrogens with one attached hydrogen (secondary N) is 1. The number of urea groups is 1.